The van der Waals surface area contributed by atoms with Crippen molar-refractivity contribution in [3.63, 3.8) is 0 Å². The Balaban J connectivity index is 1.32. The van der Waals surface area contributed by atoms with Crippen LogP contribution >= 0.6 is 0 Å². The van der Waals surface area contributed by atoms with Gasteiger partial charge in [0.15, 0.2) is 11.5 Å². The summed E-state index contributed by atoms with van der Waals surface area (Å²) in [7, 11) is 1.64. The van der Waals surface area contributed by atoms with E-state index in [1.807, 2.05) is 47.4 Å². The minimum atomic E-state index is -0.309. The van der Waals surface area contributed by atoms with Crippen molar-refractivity contribution >= 4 is 11.8 Å². The van der Waals surface area contributed by atoms with Gasteiger partial charge in [-0.15, -0.1) is 0 Å². The Labute approximate surface area is 194 Å². The Morgan fingerprint density at radius 3 is 2.70 bits per heavy atom. The van der Waals surface area contributed by atoms with Crippen molar-refractivity contribution in [2.24, 2.45) is 11.8 Å². The molecule has 1 saturated carbocycles. The van der Waals surface area contributed by atoms with Crippen molar-refractivity contribution in [1.29, 1.82) is 0 Å². The Morgan fingerprint density at radius 1 is 1.06 bits per heavy atom. The molecule has 2 unspecified atom stereocenters. The topological polar surface area (TPSA) is 77.1 Å². The van der Waals surface area contributed by atoms with E-state index in [9.17, 15) is 9.59 Å². The van der Waals surface area contributed by atoms with Gasteiger partial charge in [-0.05, 0) is 48.2 Å². The van der Waals surface area contributed by atoms with Crippen LogP contribution in [0.5, 0.6) is 17.2 Å². The average molecular weight is 451 g/mol. The first-order valence-electron chi connectivity index (χ1n) is 11.7. The van der Waals surface area contributed by atoms with Crippen LogP contribution in [0.1, 0.15) is 42.7 Å². The number of fused-ring (bicyclic) bond motifs is 1. The standard InChI is InChI=1S/C26H30N2O5/c1-31-20-8-4-7-19(12-20)21-14-28(26(30)18-5-2-3-6-18)15-22(21)25(29)27-13-17-9-10-23-24(11-17)33-16-32-23/h4,7-12,18,21-22H,2-3,5-6,13-16H2,1H3,(H,27,29). The van der Waals surface area contributed by atoms with E-state index in [2.05, 4.69) is 5.32 Å². The number of ether oxygens (including phenoxy) is 3. The van der Waals surface area contributed by atoms with Crippen molar-refractivity contribution in [3.8, 4) is 17.2 Å². The largest absolute Gasteiger partial charge is 0.497 e. The number of likely N-dealkylation sites (tertiary alicyclic amines) is 1. The summed E-state index contributed by atoms with van der Waals surface area (Å²) in [6.45, 7) is 1.63. The van der Waals surface area contributed by atoms with Crippen LogP contribution < -0.4 is 19.5 Å². The van der Waals surface area contributed by atoms with E-state index < -0.39 is 0 Å². The molecule has 1 N–H and O–H groups in total. The molecule has 2 atom stereocenters. The predicted molar refractivity (Wildman–Crippen MR) is 122 cm³/mol. The normalized spacial score (nSPS) is 21.9. The van der Waals surface area contributed by atoms with Gasteiger partial charge in [0.25, 0.3) is 0 Å². The molecule has 7 heteroatoms. The second-order valence-electron chi connectivity index (χ2n) is 9.12. The molecule has 1 aliphatic carbocycles. The number of carbonyl (C=O) groups is 2. The lowest BCUT2D eigenvalue weighted by molar-refractivity contribution is -0.134. The smallest absolute Gasteiger partial charge is 0.231 e. The third-order valence-electron chi connectivity index (χ3n) is 7.10. The first kappa shape index (κ1) is 21.6. The lowest BCUT2D eigenvalue weighted by Crippen LogP contribution is -2.36. The first-order chi connectivity index (χ1) is 16.1. The van der Waals surface area contributed by atoms with Crippen LogP contribution in [0.15, 0.2) is 42.5 Å². The monoisotopic (exact) mass is 450 g/mol. The van der Waals surface area contributed by atoms with Crippen molar-refractivity contribution < 1.29 is 23.8 Å². The molecule has 2 heterocycles. The third kappa shape index (κ3) is 4.49. The summed E-state index contributed by atoms with van der Waals surface area (Å²) in [6, 6.07) is 13.5. The number of methoxy groups -OCH3 is 1. The lowest BCUT2D eigenvalue weighted by atomic mass is 9.88. The summed E-state index contributed by atoms with van der Waals surface area (Å²) < 4.78 is 16.2. The number of carbonyl (C=O) groups excluding carboxylic acids is 2. The Bertz CT molecular complexity index is 1030. The third-order valence-corrected chi connectivity index (χ3v) is 7.10. The molecule has 7 nitrogen and oxygen atoms in total. The molecular formula is C26H30N2O5. The maximum absolute atomic E-state index is 13.3. The molecule has 0 bridgehead atoms. The van der Waals surface area contributed by atoms with Gasteiger partial charge in [0.1, 0.15) is 5.75 Å². The summed E-state index contributed by atoms with van der Waals surface area (Å²) in [5, 5.41) is 3.08. The second-order valence-corrected chi connectivity index (χ2v) is 9.12. The fourth-order valence-corrected chi connectivity index (χ4v) is 5.26. The van der Waals surface area contributed by atoms with Crippen LogP contribution in [0, 0.1) is 11.8 Å². The van der Waals surface area contributed by atoms with Crippen LogP contribution in [-0.4, -0.2) is 43.7 Å². The molecule has 2 aromatic carbocycles. The lowest BCUT2D eigenvalue weighted by Gasteiger charge is -2.20. The molecule has 2 aromatic rings. The molecule has 0 aromatic heterocycles. The second kappa shape index (κ2) is 9.33. The van der Waals surface area contributed by atoms with Crippen LogP contribution in [-0.2, 0) is 16.1 Å². The van der Waals surface area contributed by atoms with Crippen molar-refractivity contribution in [2.75, 3.05) is 27.0 Å². The van der Waals surface area contributed by atoms with Gasteiger partial charge in [0, 0.05) is 31.5 Å². The highest BCUT2D eigenvalue weighted by molar-refractivity contribution is 5.84. The van der Waals surface area contributed by atoms with E-state index in [0.29, 0.717) is 25.4 Å². The van der Waals surface area contributed by atoms with Gasteiger partial charge in [0.2, 0.25) is 18.6 Å². The first-order valence-corrected chi connectivity index (χ1v) is 11.7. The highest BCUT2D eigenvalue weighted by Crippen LogP contribution is 2.37. The van der Waals surface area contributed by atoms with Gasteiger partial charge in [-0.3, -0.25) is 9.59 Å². The van der Waals surface area contributed by atoms with Crippen LogP contribution in [0.25, 0.3) is 0 Å². The van der Waals surface area contributed by atoms with E-state index in [1.54, 1.807) is 7.11 Å². The van der Waals surface area contributed by atoms with Gasteiger partial charge < -0.3 is 24.4 Å². The van der Waals surface area contributed by atoms with E-state index in [1.165, 1.54) is 0 Å². The van der Waals surface area contributed by atoms with Gasteiger partial charge in [-0.1, -0.05) is 31.0 Å². The average Bonchev–Trinajstić information content (AvgIpc) is 3.62. The minimum absolute atomic E-state index is 0.0396. The van der Waals surface area contributed by atoms with Crippen molar-refractivity contribution in [2.45, 2.75) is 38.1 Å². The number of hydrogen-bond acceptors (Lipinski definition) is 5. The quantitative estimate of drug-likeness (QED) is 0.729. The zero-order chi connectivity index (χ0) is 22.8. The fraction of sp³-hybridized carbons (Fsp3) is 0.462. The number of benzene rings is 2. The van der Waals surface area contributed by atoms with Crippen LogP contribution in [0.2, 0.25) is 0 Å². The van der Waals surface area contributed by atoms with E-state index in [4.69, 9.17) is 14.2 Å². The summed E-state index contributed by atoms with van der Waals surface area (Å²) in [4.78, 5) is 28.4. The van der Waals surface area contributed by atoms with E-state index in [-0.39, 0.29) is 36.4 Å². The molecule has 2 amide bonds. The fourth-order valence-electron chi connectivity index (χ4n) is 5.26. The molecule has 174 valence electrons. The number of nitrogens with one attached hydrogen (secondary N) is 1. The van der Waals surface area contributed by atoms with E-state index in [0.717, 1.165) is 48.3 Å². The maximum atomic E-state index is 13.3. The number of rotatable bonds is 6. The molecule has 5 rings (SSSR count). The highest BCUT2D eigenvalue weighted by atomic mass is 16.7. The van der Waals surface area contributed by atoms with Crippen molar-refractivity contribution in [3.05, 3.63) is 53.6 Å². The summed E-state index contributed by atoms with van der Waals surface area (Å²) in [5.74, 6) is 2.07. The highest BCUT2D eigenvalue weighted by Gasteiger charge is 2.42. The minimum Gasteiger partial charge on any atom is -0.497 e. The zero-order valence-corrected chi connectivity index (χ0v) is 18.9. The van der Waals surface area contributed by atoms with Gasteiger partial charge >= 0.3 is 0 Å². The predicted octanol–water partition coefficient (Wildman–Crippen LogP) is 3.47. The van der Waals surface area contributed by atoms with E-state index >= 15 is 0 Å². The number of amides is 2. The molecule has 2 fully saturated rings. The Kier molecular flexibility index (Phi) is 6.11. The van der Waals surface area contributed by atoms with Gasteiger partial charge in [-0.2, -0.15) is 0 Å². The summed E-state index contributed by atoms with van der Waals surface area (Å²) >= 11 is 0. The SMILES string of the molecule is COc1cccc(C2CN(C(=O)C3CCCC3)CC2C(=O)NCc2ccc3c(c2)OCO3)c1. The number of hydrogen-bond donors (Lipinski definition) is 1. The molecular weight excluding hydrogens is 420 g/mol. The summed E-state index contributed by atoms with van der Waals surface area (Å²) in [5.41, 5.74) is 1.97. The molecule has 3 aliphatic rings. The summed E-state index contributed by atoms with van der Waals surface area (Å²) in [6.07, 6.45) is 4.15. The van der Waals surface area contributed by atoms with Crippen molar-refractivity contribution in [1.82, 2.24) is 10.2 Å². The van der Waals surface area contributed by atoms with Crippen LogP contribution in [0.3, 0.4) is 0 Å². The van der Waals surface area contributed by atoms with Gasteiger partial charge in [0.05, 0.1) is 13.0 Å². The molecule has 1 saturated heterocycles. The molecule has 2 aliphatic heterocycles. The maximum Gasteiger partial charge on any atom is 0.231 e. The Morgan fingerprint density at radius 2 is 1.88 bits per heavy atom. The van der Waals surface area contributed by atoms with Gasteiger partial charge in [-0.25, -0.2) is 0 Å². The van der Waals surface area contributed by atoms with Crippen LogP contribution in [0.4, 0.5) is 0 Å². The molecule has 0 radical (unpaired) electrons. The molecule has 33 heavy (non-hydrogen) atoms. The molecule has 0 spiro atoms. The number of nitrogens with zero attached hydrogens (tertiary/aromatic N) is 1. The Hall–Kier alpha value is -3.22. The zero-order valence-electron chi connectivity index (χ0n) is 18.9.